The van der Waals surface area contributed by atoms with Crippen LogP contribution in [-0.4, -0.2) is 15.8 Å². The van der Waals surface area contributed by atoms with Gasteiger partial charge in [0.15, 0.2) is 0 Å². The van der Waals surface area contributed by atoms with E-state index in [0.717, 1.165) is 18.9 Å². The van der Waals surface area contributed by atoms with Gasteiger partial charge in [-0.1, -0.05) is 25.7 Å². The number of aromatic nitrogens is 2. The molecule has 2 rings (SSSR count). The molecule has 1 aromatic rings. The second-order valence-electron chi connectivity index (χ2n) is 5.32. The maximum Gasteiger partial charge on any atom is 0.0522 e. The van der Waals surface area contributed by atoms with Crippen LogP contribution in [0, 0.1) is 5.92 Å². The van der Waals surface area contributed by atoms with Crippen molar-refractivity contribution in [3.63, 3.8) is 0 Å². The molecule has 3 heteroatoms. The fourth-order valence-corrected chi connectivity index (χ4v) is 2.86. The molecule has 0 saturated heterocycles. The molecule has 1 fully saturated rings. The first-order valence-electron chi connectivity index (χ1n) is 7.06. The lowest BCUT2D eigenvalue weighted by Gasteiger charge is -2.21. The highest BCUT2D eigenvalue weighted by atomic mass is 15.3. The van der Waals surface area contributed by atoms with Crippen LogP contribution < -0.4 is 5.73 Å². The van der Waals surface area contributed by atoms with Crippen LogP contribution in [0.25, 0.3) is 0 Å². The number of aryl methyl sites for hydroxylation is 1. The van der Waals surface area contributed by atoms with Crippen LogP contribution >= 0.6 is 0 Å². The first kappa shape index (κ1) is 12.6. The van der Waals surface area contributed by atoms with Gasteiger partial charge in [0.2, 0.25) is 0 Å². The minimum atomic E-state index is 0.322. The Labute approximate surface area is 104 Å². The quantitative estimate of drug-likeness (QED) is 0.815. The molecule has 96 valence electrons. The highest BCUT2D eigenvalue weighted by molar-refractivity contribution is 5.06. The van der Waals surface area contributed by atoms with Crippen molar-refractivity contribution < 1.29 is 0 Å². The lowest BCUT2D eigenvalue weighted by atomic mass is 9.89. The highest BCUT2D eigenvalue weighted by Crippen LogP contribution is 2.26. The van der Waals surface area contributed by atoms with Crippen molar-refractivity contribution in [2.24, 2.45) is 11.7 Å². The lowest BCUT2D eigenvalue weighted by Crippen LogP contribution is -2.32. The molecule has 0 amide bonds. The predicted octanol–water partition coefficient (Wildman–Crippen LogP) is 2.74. The van der Waals surface area contributed by atoms with Gasteiger partial charge in [-0.15, -0.1) is 0 Å². The molecule has 1 aromatic heterocycles. The van der Waals surface area contributed by atoms with E-state index >= 15 is 0 Å². The molecule has 17 heavy (non-hydrogen) atoms. The van der Waals surface area contributed by atoms with Crippen molar-refractivity contribution in [3.05, 3.63) is 18.0 Å². The summed E-state index contributed by atoms with van der Waals surface area (Å²) in [6.45, 7) is 3.06. The van der Waals surface area contributed by atoms with Gasteiger partial charge in [-0.05, 0) is 37.7 Å². The van der Waals surface area contributed by atoms with Crippen molar-refractivity contribution in [1.29, 1.82) is 0 Å². The third-order valence-corrected chi connectivity index (χ3v) is 3.99. The SMILES string of the molecule is CCn1cc(CC(N)C2CCCCCC2)cn1. The second-order valence-corrected chi connectivity index (χ2v) is 5.32. The highest BCUT2D eigenvalue weighted by Gasteiger charge is 2.20. The molecule has 3 nitrogen and oxygen atoms in total. The topological polar surface area (TPSA) is 43.8 Å². The summed E-state index contributed by atoms with van der Waals surface area (Å²) in [7, 11) is 0. The fourth-order valence-electron chi connectivity index (χ4n) is 2.86. The molecule has 2 N–H and O–H groups in total. The lowest BCUT2D eigenvalue weighted by molar-refractivity contribution is 0.372. The zero-order chi connectivity index (χ0) is 12.1. The summed E-state index contributed by atoms with van der Waals surface area (Å²) >= 11 is 0. The zero-order valence-electron chi connectivity index (χ0n) is 10.9. The van der Waals surface area contributed by atoms with Crippen molar-refractivity contribution >= 4 is 0 Å². The van der Waals surface area contributed by atoms with E-state index in [1.807, 2.05) is 10.9 Å². The normalized spacial score (nSPS) is 20.1. The van der Waals surface area contributed by atoms with Crippen LogP contribution in [0.2, 0.25) is 0 Å². The van der Waals surface area contributed by atoms with Crippen molar-refractivity contribution in [2.75, 3.05) is 0 Å². The number of hydrogen-bond donors (Lipinski definition) is 1. The van der Waals surface area contributed by atoms with Crippen LogP contribution in [0.4, 0.5) is 0 Å². The Morgan fingerprint density at radius 3 is 2.65 bits per heavy atom. The molecule has 0 bridgehead atoms. The molecular formula is C14H25N3. The van der Waals surface area contributed by atoms with E-state index in [9.17, 15) is 0 Å². The van der Waals surface area contributed by atoms with Gasteiger partial charge in [-0.3, -0.25) is 4.68 Å². The zero-order valence-corrected chi connectivity index (χ0v) is 10.9. The number of nitrogens with zero attached hydrogens (tertiary/aromatic N) is 2. The third kappa shape index (κ3) is 3.56. The summed E-state index contributed by atoms with van der Waals surface area (Å²) in [5.41, 5.74) is 7.66. The Bertz CT molecular complexity index is 324. The van der Waals surface area contributed by atoms with Crippen molar-refractivity contribution in [2.45, 2.75) is 64.5 Å². The van der Waals surface area contributed by atoms with E-state index in [4.69, 9.17) is 5.73 Å². The minimum absolute atomic E-state index is 0.322. The summed E-state index contributed by atoms with van der Waals surface area (Å²) in [4.78, 5) is 0. The fraction of sp³-hybridized carbons (Fsp3) is 0.786. The summed E-state index contributed by atoms with van der Waals surface area (Å²) in [5.74, 6) is 0.725. The van der Waals surface area contributed by atoms with Gasteiger partial charge in [0.25, 0.3) is 0 Å². The monoisotopic (exact) mass is 235 g/mol. The largest absolute Gasteiger partial charge is 0.327 e. The molecule has 0 aliphatic heterocycles. The van der Waals surface area contributed by atoms with E-state index in [2.05, 4.69) is 18.2 Å². The van der Waals surface area contributed by atoms with Gasteiger partial charge >= 0.3 is 0 Å². The van der Waals surface area contributed by atoms with Gasteiger partial charge in [0.05, 0.1) is 6.20 Å². The van der Waals surface area contributed by atoms with Gasteiger partial charge in [-0.25, -0.2) is 0 Å². The van der Waals surface area contributed by atoms with Crippen LogP contribution in [0.1, 0.15) is 51.0 Å². The molecule has 1 aliphatic rings. The summed E-state index contributed by atoms with van der Waals surface area (Å²) in [5, 5.41) is 4.31. The minimum Gasteiger partial charge on any atom is -0.327 e. The Hall–Kier alpha value is -0.830. The molecule has 1 saturated carbocycles. The van der Waals surface area contributed by atoms with E-state index < -0.39 is 0 Å². The molecule has 1 atom stereocenters. The smallest absolute Gasteiger partial charge is 0.0522 e. The van der Waals surface area contributed by atoms with Crippen molar-refractivity contribution in [1.82, 2.24) is 9.78 Å². The molecule has 1 unspecified atom stereocenters. The molecule has 0 spiro atoms. The Kier molecular flexibility index (Phi) is 4.60. The summed E-state index contributed by atoms with van der Waals surface area (Å²) in [6.07, 6.45) is 13.3. The van der Waals surface area contributed by atoms with Crippen LogP contribution in [0.3, 0.4) is 0 Å². The average molecular weight is 235 g/mol. The number of nitrogens with two attached hydrogens (primary N) is 1. The summed E-state index contributed by atoms with van der Waals surface area (Å²) < 4.78 is 1.98. The van der Waals surface area contributed by atoms with Gasteiger partial charge in [0, 0.05) is 18.8 Å². The van der Waals surface area contributed by atoms with E-state index in [1.165, 1.54) is 44.1 Å². The van der Waals surface area contributed by atoms with Crippen molar-refractivity contribution in [3.8, 4) is 0 Å². The van der Waals surface area contributed by atoms with E-state index in [0.29, 0.717) is 6.04 Å². The van der Waals surface area contributed by atoms with Gasteiger partial charge in [0.1, 0.15) is 0 Å². The number of hydrogen-bond acceptors (Lipinski definition) is 2. The second kappa shape index (κ2) is 6.20. The number of rotatable bonds is 4. The standard InChI is InChI=1S/C14H25N3/c1-2-17-11-12(10-16-17)9-14(15)13-7-5-3-4-6-8-13/h10-11,13-14H,2-9,15H2,1H3. The van der Waals surface area contributed by atoms with Crippen LogP contribution in [-0.2, 0) is 13.0 Å². The molecule has 0 radical (unpaired) electrons. The van der Waals surface area contributed by atoms with Gasteiger partial charge < -0.3 is 5.73 Å². The van der Waals surface area contributed by atoms with E-state index in [-0.39, 0.29) is 0 Å². The Balaban J connectivity index is 1.88. The molecular weight excluding hydrogens is 210 g/mol. The first-order valence-corrected chi connectivity index (χ1v) is 7.06. The predicted molar refractivity (Wildman–Crippen MR) is 70.8 cm³/mol. The van der Waals surface area contributed by atoms with Crippen LogP contribution in [0.5, 0.6) is 0 Å². The first-order chi connectivity index (χ1) is 8.29. The molecule has 1 aliphatic carbocycles. The van der Waals surface area contributed by atoms with E-state index in [1.54, 1.807) is 0 Å². The Morgan fingerprint density at radius 1 is 1.35 bits per heavy atom. The molecule has 1 heterocycles. The third-order valence-electron chi connectivity index (χ3n) is 3.99. The summed E-state index contributed by atoms with van der Waals surface area (Å²) in [6, 6.07) is 0.322. The maximum atomic E-state index is 6.36. The average Bonchev–Trinajstić information content (AvgIpc) is 2.62. The molecule has 0 aromatic carbocycles. The Morgan fingerprint density at radius 2 is 2.06 bits per heavy atom. The van der Waals surface area contributed by atoms with Crippen LogP contribution in [0.15, 0.2) is 12.4 Å². The van der Waals surface area contributed by atoms with Gasteiger partial charge in [-0.2, -0.15) is 5.10 Å². The maximum absolute atomic E-state index is 6.36.